The lowest BCUT2D eigenvalue weighted by Crippen LogP contribution is -2.61. The molecule has 0 aliphatic carbocycles. The zero-order valence-electron chi connectivity index (χ0n) is 11.6. The molecule has 1 saturated heterocycles. The molecule has 2 rings (SSSR count). The average molecular weight is 266 g/mol. The highest BCUT2D eigenvalue weighted by atomic mass is 16.5. The number of nitrogens with zero attached hydrogens (tertiary/aromatic N) is 3. The van der Waals surface area contributed by atoms with Crippen molar-refractivity contribution in [1.29, 1.82) is 0 Å². The molecular weight excluding hydrogens is 248 g/mol. The normalized spacial score (nSPS) is 20.6. The van der Waals surface area contributed by atoms with Crippen molar-refractivity contribution in [3.63, 3.8) is 0 Å². The third kappa shape index (κ3) is 2.91. The summed E-state index contributed by atoms with van der Waals surface area (Å²) in [5.41, 5.74) is -0.337. The molecule has 2 heterocycles. The molecular formula is C12H18N4O3. The van der Waals surface area contributed by atoms with E-state index in [0.717, 1.165) is 0 Å². The summed E-state index contributed by atoms with van der Waals surface area (Å²) < 4.78 is 4.98. The zero-order chi connectivity index (χ0) is 14.2. The number of aryl methyl sites for hydroxylation is 1. The van der Waals surface area contributed by atoms with Crippen LogP contribution in [-0.2, 0) is 16.1 Å². The van der Waals surface area contributed by atoms with Crippen molar-refractivity contribution in [2.24, 2.45) is 5.41 Å². The number of nitrogens with one attached hydrogen (secondary N) is 1. The van der Waals surface area contributed by atoms with Gasteiger partial charge in [0.05, 0.1) is 0 Å². The largest absolute Gasteiger partial charge is 0.342 e. The topological polar surface area (TPSA) is 88.3 Å². The fourth-order valence-corrected chi connectivity index (χ4v) is 1.99. The van der Waals surface area contributed by atoms with Gasteiger partial charge in [-0.2, -0.15) is 4.98 Å². The Labute approximate surface area is 111 Å². The van der Waals surface area contributed by atoms with E-state index in [1.807, 2.05) is 20.8 Å². The van der Waals surface area contributed by atoms with E-state index in [9.17, 15) is 9.59 Å². The summed E-state index contributed by atoms with van der Waals surface area (Å²) in [5, 5.41) is 6.40. The van der Waals surface area contributed by atoms with Crippen LogP contribution in [0.1, 0.15) is 32.5 Å². The number of amides is 2. The molecule has 0 bridgehead atoms. The van der Waals surface area contributed by atoms with Crippen molar-refractivity contribution in [3.8, 4) is 0 Å². The molecule has 1 aliphatic heterocycles. The van der Waals surface area contributed by atoms with Crippen LogP contribution in [0.15, 0.2) is 4.52 Å². The lowest BCUT2D eigenvalue weighted by Gasteiger charge is -2.38. The van der Waals surface area contributed by atoms with Crippen molar-refractivity contribution < 1.29 is 14.1 Å². The molecule has 7 heteroatoms. The Kier molecular flexibility index (Phi) is 3.30. The fourth-order valence-electron chi connectivity index (χ4n) is 1.99. The summed E-state index contributed by atoms with van der Waals surface area (Å²) in [4.78, 5) is 29.5. The van der Waals surface area contributed by atoms with Gasteiger partial charge in [0.15, 0.2) is 5.82 Å². The van der Waals surface area contributed by atoms with E-state index >= 15 is 0 Å². The molecule has 7 nitrogen and oxygen atoms in total. The molecule has 104 valence electrons. The lowest BCUT2D eigenvalue weighted by molar-refractivity contribution is -0.148. The summed E-state index contributed by atoms with van der Waals surface area (Å²) in [6.07, 6.45) is 0. The second-order valence-corrected chi connectivity index (χ2v) is 5.80. The minimum atomic E-state index is -0.530. The van der Waals surface area contributed by atoms with Gasteiger partial charge in [-0.1, -0.05) is 25.9 Å². The molecule has 1 atom stereocenters. The maximum absolute atomic E-state index is 12.4. The van der Waals surface area contributed by atoms with Crippen LogP contribution >= 0.6 is 0 Å². The van der Waals surface area contributed by atoms with E-state index in [-0.39, 0.29) is 30.3 Å². The van der Waals surface area contributed by atoms with Gasteiger partial charge in [0.1, 0.15) is 19.1 Å². The number of hydrogen-bond donors (Lipinski definition) is 1. The molecule has 0 saturated carbocycles. The average Bonchev–Trinajstić information content (AvgIpc) is 2.67. The maximum atomic E-state index is 12.4. The third-order valence-electron chi connectivity index (χ3n) is 2.96. The summed E-state index contributed by atoms with van der Waals surface area (Å²) in [6.45, 7) is 7.63. The molecule has 0 radical (unpaired) electrons. The van der Waals surface area contributed by atoms with Crippen molar-refractivity contribution in [1.82, 2.24) is 20.4 Å². The first kappa shape index (κ1) is 13.5. The molecule has 1 aromatic heterocycles. The first-order chi connectivity index (χ1) is 8.77. The van der Waals surface area contributed by atoms with E-state index < -0.39 is 6.04 Å². The van der Waals surface area contributed by atoms with Crippen LogP contribution in [0.2, 0.25) is 0 Å². The van der Waals surface area contributed by atoms with Crippen LogP contribution in [0, 0.1) is 12.3 Å². The Hall–Kier alpha value is -1.92. The summed E-state index contributed by atoms with van der Waals surface area (Å²) in [7, 11) is 0. The van der Waals surface area contributed by atoms with Gasteiger partial charge in [-0.3, -0.25) is 9.59 Å². The van der Waals surface area contributed by atoms with Gasteiger partial charge in [0.25, 0.3) is 0 Å². The standard InChI is InChI=1S/C12H18N4O3/c1-7-13-9(19-15-7)6-16-5-8(17)14-10(11(16)18)12(2,3)4/h10H,5-6H2,1-4H3,(H,14,17). The number of piperazine rings is 1. The highest BCUT2D eigenvalue weighted by Gasteiger charge is 2.40. The number of carbonyl (C=O) groups excluding carboxylic acids is 2. The van der Waals surface area contributed by atoms with Gasteiger partial charge in [-0.05, 0) is 12.3 Å². The number of aromatic nitrogens is 2. The molecule has 0 spiro atoms. The summed E-state index contributed by atoms with van der Waals surface area (Å²) in [6, 6.07) is -0.530. The van der Waals surface area contributed by atoms with Crippen LogP contribution in [0.4, 0.5) is 0 Å². The van der Waals surface area contributed by atoms with Gasteiger partial charge in [0, 0.05) is 0 Å². The van der Waals surface area contributed by atoms with Crippen molar-refractivity contribution >= 4 is 11.8 Å². The van der Waals surface area contributed by atoms with Crippen molar-refractivity contribution in [2.45, 2.75) is 40.3 Å². The molecule has 1 N–H and O–H groups in total. The predicted octanol–water partition coefficient (Wildman–Crippen LogP) is 0.251. The number of rotatable bonds is 2. The molecule has 1 aliphatic rings. The Morgan fingerprint density at radius 1 is 1.42 bits per heavy atom. The molecule has 2 amide bonds. The lowest BCUT2D eigenvalue weighted by atomic mass is 9.85. The number of carbonyl (C=O) groups is 2. The van der Waals surface area contributed by atoms with Crippen LogP contribution in [-0.4, -0.2) is 39.4 Å². The van der Waals surface area contributed by atoms with Gasteiger partial charge in [-0.25, -0.2) is 0 Å². The van der Waals surface area contributed by atoms with Crippen molar-refractivity contribution in [2.75, 3.05) is 6.54 Å². The summed E-state index contributed by atoms with van der Waals surface area (Å²) in [5.74, 6) is 0.559. The Bertz CT molecular complexity index is 503. The predicted molar refractivity (Wildman–Crippen MR) is 65.8 cm³/mol. The monoisotopic (exact) mass is 266 g/mol. The molecule has 1 fully saturated rings. The first-order valence-corrected chi connectivity index (χ1v) is 6.14. The molecule has 0 aromatic carbocycles. The van der Waals surface area contributed by atoms with E-state index in [0.29, 0.717) is 11.7 Å². The molecule has 1 unspecified atom stereocenters. The summed E-state index contributed by atoms with van der Waals surface area (Å²) >= 11 is 0. The van der Waals surface area contributed by atoms with Gasteiger partial charge in [-0.15, -0.1) is 0 Å². The second kappa shape index (κ2) is 4.64. The van der Waals surface area contributed by atoms with Gasteiger partial charge < -0.3 is 14.7 Å². The zero-order valence-corrected chi connectivity index (χ0v) is 11.6. The smallest absolute Gasteiger partial charge is 0.246 e. The fraction of sp³-hybridized carbons (Fsp3) is 0.667. The van der Waals surface area contributed by atoms with Gasteiger partial charge >= 0.3 is 0 Å². The number of hydrogen-bond acceptors (Lipinski definition) is 5. The van der Waals surface area contributed by atoms with Gasteiger partial charge in [0.2, 0.25) is 17.7 Å². The van der Waals surface area contributed by atoms with Crippen LogP contribution in [0.5, 0.6) is 0 Å². The highest BCUT2D eigenvalue weighted by molar-refractivity contribution is 5.95. The second-order valence-electron chi connectivity index (χ2n) is 5.80. The van der Waals surface area contributed by atoms with E-state index in [1.54, 1.807) is 6.92 Å². The minimum Gasteiger partial charge on any atom is -0.342 e. The van der Waals surface area contributed by atoms with E-state index in [2.05, 4.69) is 15.5 Å². The van der Waals surface area contributed by atoms with Crippen LogP contribution in [0.25, 0.3) is 0 Å². The Balaban J connectivity index is 2.16. The maximum Gasteiger partial charge on any atom is 0.246 e. The van der Waals surface area contributed by atoms with E-state index in [1.165, 1.54) is 4.90 Å². The SMILES string of the molecule is Cc1noc(CN2CC(=O)NC(C(C)(C)C)C2=O)n1. The quantitative estimate of drug-likeness (QED) is 0.829. The van der Waals surface area contributed by atoms with Crippen LogP contribution in [0.3, 0.4) is 0 Å². The Morgan fingerprint density at radius 3 is 2.63 bits per heavy atom. The molecule has 19 heavy (non-hydrogen) atoms. The highest BCUT2D eigenvalue weighted by Crippen LogP contribution is 2.23. The molecule has 1 aromatic rings. The Morgan fingerprint density at radius 2 is 2.11 bits per heavy atom. The minimum absolute atomic E-state index is 0.0207. The van der Waals surface area contributed by atoms with Crippen LogP contribution < -0.4 is 5.32 Å². The van der Waals surface area contributed by atoms with Crippen molar-refractivity contribution in [3.05, 3.63) is 11.7 Å². The first-order valence-electron chi connectivity index (χ1n) is 6.14. The third-order valence-corrected chi connectivity index (χ3v) is 2.96. The van der Waals surface area contributed by atoms with E-state index in [4.69, 9.17) is 4.52 Å².